The van der Waals surface area contributed by atoms with E-state index >= 15 is 0 Å². The first-order valence-corrected chi connectivity index (χ1v) is 8.24. The third-order valence-corrected chi connectivity index (χ3v) is 5.74. The highest BCUT2D eigenvalue weighted by Gasteiger charge is 2.43. The Morgan fingerprint density at radius 2 is 2.00 bits per heavy atom. The molecule has 1 N–H and O–H groups in total. The van der Waals surface area contributed by atoms with Crippen molar-refractivity contribution in [3.8, 4) is 0 Å². The molecule has 1 saturated carbocycles. The van der Waals surface area contributed by atoms with Crippen molar-refractivity contribution < 1.29 is 14.6 Å². The van der Waals surface area contributed by atoms with Gasteiger partial charge in [0.05, 0.1) is 17.6 Å². The van der Waals surface area contributed by atoms with Crippen LogP contribution in [-0.4, -0.2) is 46.8 Å². The first kappa shape index (κ1) is 14.3. The number of hydrogen-bond donors (Lipinski definition) is 1. The average molecular weight is 281 g/mol. The summed E-state index contributed by atoms with van der Waals surface area (Å²) >= 11 is 0. The molecule has 0 radical (unpaired) electrons. The minimum Gasteiger partial charge on any atom is -0.481 e. The van der Waals surface area contributed by atoms with Gasteiger partial charge in [-0.25, -0.2) is 0 Å². The molecule has 3 atom stereocenters. The number of carboxylic acids is 1. The summed E-state index contributed by atoms with van der Waals surface area (Å²) in [6.07, 6.45) is 9.93. The molecule has 2 saturated heterocycles. The van der Waals surface area contributed by atoms with E-state index in [0.717, 1.165) is 25.9 Å². The normalized spacial score (nSPS) is 37.5. The Kier molecular flexibility index (Phi) is 4.04. The summed E-state index contributed by atoms with van der Waals surface area (Å²) in [6, 6.07) is 0.152. The number of carboxylic acid groups (broad SMARTS) is 1. The number of carbonyl (C=O) groups is 1. The molecule has 0 amide bonds. The van der Waals surface area contributed by atoms with E-state index in [1.54, 1.807) is 0 Å². The Morgan fingerprint density at radius 1 is 1.25 bits per heavy atom. The molecule has 0 aromatic rings. The van der Waals surface area contributed by atoms with Gasteiger partial charge in [0.15, 0.2) is 0 Å². The fraction of sp³-hybridized carbons (Fsp3) is 0.938. The molecule has 3 rings (SSSR count). The van der Waals surface area contributed by atoms with Crippen molar-refractivity contribution in [2.45, 2.75) is 76.0 Å². The van der Waals surface area contributed by atoms with E-state index in [9.17, 15) is 9.90 Å². The van der Waals surface area contributed by atoms with Gasteiger partial charge in [0, 0.05) is 12.6 Å². The van der Waals surface area contributed by atoms with Gasteiger partial charge in [-0.3, -0.25) is 9.69 Å². The van der Waals surface area contributed by atoms with Gasteiger partial charge in [0.2, 0.25) is 0 Å². The van der Waals surface area contributed by atoms with Crippen molar-refractivity contribution in [3.63, 3.8) is 0 Å². The molecule has 20 heavy (non-hydrogen) atoms. The van der Waals surface area contributed by atoms with Crippen LogP contribution in [0, 0.1) is 5.92 Å². The molecule has 4 heteroatoms. The Bertz CT molecular complexity index is 365. The first-order chi connectivity index (χ1) is 9.60. The van der Waals surface area contributed by atoms with Crippen LogP contribution < -0.4 is 0 Å². The van der Waals surface area contributed by atoms with E-state index in [4.69, 9.17) is 4.74 Å². The highest BCUT2D eigenvalue weighted by atomic mass is 16.5. The van der Waals surface area contributed by atoms with E-state index in [-0.39, 0.29) is 17.6 Å². The van der Waals surface area contributed by atoms with Gasteiger partial charge >= 0.3 is 5.97 Å². The van der Waals surface area contributed by atoms with Crippen molar-refractivity contribution in [1.82, 2.24) is 4.90 Å². The highest BCUT2D eigenvalue weighted by molar-refractivity contribution is 5.71. The zero-order chi connectivity index (χ0) is 14.2. The molecular weight excluding hydrogens is 254 g/mol. The first-order valence-electron chi connectivity index (χ1n) is 8.24. The van der Waals surface area contributed by atoms with Crippen LogP contribution in [0.5, 0.6) is 0 Å². The summed E-state index contributed by atoms with van der Waals surface area (Å²) < 4.78 is 6.41. The van der Waals surface area contributed by atoms with Gasteiger partial charge in [-0.05, 0) is 45.6 Å². The second kappa shape index (κ2) is 5.64. The maximum Gasteiger partial charge on any atom is 0.308 e. The summed E-state index contributed by atoms with van der Waals surface area (Å²) in [5.41, 5.74) is 0.179. The van der Waals surface area contributed by atoms with Crippen molar-refractivity contribution in [3.05, 3.63) is 0 Å². The van der Waals surface area contributed by atoms with Crippen LogP contribution in [-0.2, 0) is 9.53 Å². The molecule has 3 aliphatic rings. The molecule has 0 aromatic carbocycles. The SMILES string of the molecule is CC1C(C(=O)O)CCN1CC1CCC2(CCCCC2)O1. The van der Waals surface area contributed by atoms with Crippen LogP contribution in [0.25, 0.3) is 0 Å². The monoisotopic (exact) mass is 281 g/mol. The lowest BCUT2D eigenvalue weighted by Gasteiger charge is -2.34. The number of aliphatic carboxylic acids is 1. The number of rotatable bonds is 3. The zero-order valence-electron chi connectivity index (χ0n) is 12.5. The van der Waals surface area contributed by atoms with Crippen molar-refractivity contribution >= 4 is 5.97 Å². The van der Waals surface area contributed by atoms with Gasteiger partial charge in [-0.1, -0.05) is 19.3 Å². The fourth-order valence-corrected chi connectivity index (χ4v) is 4.44. The van der Waals surface area contributed by atoms with Crippen LogP contribution in [0.3, 0.4) is 0 Å². The van der Waals surface area contributed by atoms with Gasteiger partial charge < -0.3 is 9.84 Å². The zero-order valence-corrected chi connectivity index (χ0v) is 12.5. The molecule has 1 spiro atoms. The predicted octanol–water partition coefficient (Wildman–Crippen LogP) is 2.66. The number of hydrogen-bond acceptors (Lipinski definition) is 3. The van der Waals surface area contributed by atoms with Crippen LogP contribution in [0.2, 0.25) is 0 Å². The predicted molar refractivity (Wildman–Crippen MR) is 76.7 cm³/mol. The second-order valence-corrected chi connectivity index (χ2v) is 6.99. The van der Waals surface area contributed by atoms with Crippen molar-refractivity contribution in [2.24, 2.45) is 5.92 Å². The third kappa shape index (κ3) is 2.73. The van der Waals surface area contributed by atoms with Crippen LogP contribution in [0.1, 0.15) is 58.3 Å². The molecule has 2 aliphatic heterocycles. The summed E-state index contributed by atoms with van der Waals surface area (Å²) in [5, 5.41) is 9.20. The maximum atomic E-state index is 11.2. The molecule has 0 aromatic heterocycles. The topological polar surface area (TPSA) is 49.8 Å². The molecule has 4 nitrogen and oxygen atoms in total. The van der Waals surface area contributed by atoms with Crippen LogP contribution >= 0.6 is 0 Å². The Hall–Kier alpha value is -0.610. The Balaban J connectivity index is 1.53. The van der Waals surface area contributed by atoms with Crippen molar-refractivity contribution in [1.29, 1.82) is 0 Å². The molecule has 1 aliphatic carbocycles. The van der Waals surface area contributed by atoms with E-state index in [0.29, 0.717) is 6.10 Å². The molecule has 2 heterocycles. The fourth-order valence-electron chi connectivity index (χ4n) is 4.44. The second-order valence-electron chi connectivity index (χ2n) is 6.99. The minimum absolute atomic E-state index is 0.152. The number of likely N-dealkylation sites (tertiary alicyclic amines) is 1. The molecule has 3 fully saturated rings. The Labute approximate surface area is 121 Å². The van der Waals surface area contributed by atoms with Crippen molar-refractivity contribution in [2.75, 3.05) is 13.1 Å². The lowest BCUT2D eigenvalue weighted by molar-refractivity contribution is -0.142. The van der Waals surface area contributed by atoms with Crippen LogP contribution in [0.15, 0.2) is 0 Å². The standard InChI is InChI=1S/C16H27NO3/c1-12-14(15(18)19)6-10-17(12)11-13-5-9-16(20-13)7-3-2-4-8-16/h12-14H,2-11H2,1H3,(H,18,19). The highest BCUT2D eigenvalue weighted by Crippen LogP contribution is 2.42. The number of ether oxygens (including phenoxy) is 1. The van der Waals surface area contributed by atoms with Gasteiger partial charge in [0.1, 0.15) is 0 Å². The molecular formula is C16H27NO3. The smallest absolute Gasteiger partial charge is 0.308 e. The summed E-state index contributed by atoms with van der Waals surface area (Å²) in [6.45, 7) is 3.88. The van der Waals surface area contributed by atoms with Crippen LogP contribution in [0.4, 0.5) is 0 Å². The van der Waals surface area contributed by atoms with E-state index < -0.39 is 5.97 Å². The summed E-state index contributed by atoms with van der Waals surface area (Å²) in [4.78, 5) is 13.5. The Morgan fingerprint density at radius 3 is 2.65 bits per heavy atom. The molecule has 3 unspecified atom stereocenters. The average Bonchev–Trinajstić information content (AvgIpc) is 2.97. The lowest BCUT2D eigenvalue weighted by atomic mass is 9.83. The quantitative estimate of drug-likeness (QED) is 0.864. The largest absolute Gasteiger partial charge is 0.481 e. The molecule has 114 valence electrons. The van der Waals surface area contributed by atoms with Gasteiger partial charge in [0.25, 0.3) is 0 Å². The minimum atomic E-state index is -0.643. The summed E-state index contributed by atoms with van der Waals surface area (Å²) in [7, 11) is 0. The third-order valence-electron chi connectivity index (χ3n) is 5.74. The van der Waals surface area contributed by atoms with E-state index in [2.05, 4.69) is 11.8 Å². The van der Waals surface area contributed by atoms with E-state index in [1.165, 1.54) is 38.5 Å². The lowest BCUT2D eigenvalue weighted by Crippen LogP contribution is -2.39. The van der Waals surface area contributed by atoms with Gasteiger partial charge in [-0.2, -0.15) is 0 Å². The van der Waals surface area contributed by atoms with Gasteiger partial charge in [-0.15, -0.1) is 0 Å². The van der Waals surface area contributed by atoms with E-state index in [1.807, 2.05) is 0 Å². The summed E-state index contributed by atoms with van der Waals surface area (Å²) in [5.74, 6) is -0.837. The molecule has 0 bridgehead atoms. The maximum absolute atomic E-state index is 11.2. The number of nitrogens with zero attached hydrogens (tertiary/aromatic N) is 1.